The summed E-state index contributed by atoms with van der Waals surface area (Å²) in [4.78, 5) is 30.4. The van der Waals surface area contributed by atoms with Gasteiger partial charge in [0, 0.05) is 32.6 Å². The highest BCUT2D eigenvalue weighted by Gasteiger charge is 2.10. The molecule has 2 amide bonds. The molecular formula is C20H22N4O4S. The van der Waals surface area contributed by atoms with Crippen molar-refractivity contribution in [1.29, 1.82) is 0 Å². The predicted molar refractivity (Wildman–Crippen MR) is 110 cm³/mol. The Morgan fingerprint density at radius 2 is 2.00 bits per heavy atom. The van der Waals surface area contributed by atoms with Gasteiger partial charge >= 0.3 is 0 Å². The summed E-state index contributed by atoms with van der Waals surface area (Å²) in [6, 6.07) is 10.8. The number of anilines is 1. The molecule has 3 aromatic rings. The first-order valence-electron chi connectivity index (χ1n) is 9.10. The first-order valence-corrected chi connectivity index (χ1v) is 9.98. The van der Waals surface area contributed by atoms with Crippen LogP contribution in [0.4, 0.5) is 5.69 Å². The van der Waals surface area contributed by atoms with Crippen LogP contribution >= 0.6 is 11.3 Å². The van der Waals surface area contributed by atoms with Crippen molar-refractivity contribution in [2.24, 2.45) is 0 Å². The van der Waals surface area contributed by atoms with Crippen molar-refractivity contribution in [3.8, 4) is 16.5 Å². The highest BCUT2D eigenvalue weighted by molar-refractivity contribution is 7.13. The lowest BCUT2D eigenvalue weighted by Gasteiger charge is -2.11. The van der Waals surface area contributed by atoms with Crippen molar-refractivity contribution in [1.82, 2.24) is 15.0 Å². The first-order chi connectivity index (χ1) is 14.0. The number of aromatic nitrogens is 2. The van der Waals surface area contributed by atoms with Gasteiger partial charge in [0.1, 0.15) is 5.75 Å². The number of ether oxygens (including phenoxy) is 1. The standard InChI is InChI=1S/C20H22N4O4S/c1-24(2)19(26)13-27-15-10-8-14(9-11-15)21-17(25)6-3-7-18-22-20(23-28-18)16-5-4-12-29-16/h4-5,8-12H,3,6-7,13H2,1-2H3,(H,21,25). The summed E-state index contributed by atoms with van der Waals surface area (Å²) >= 11 is 1.55. The van der Waals surface area contributed by atoms with Crippen LogP contribution in [-0.2, 0) is 16.0 Å². The Kier molecular flexibility index (Phi) is 6.96. The van der Waals surface area contributed by atoms with Crippen LogP contribution < -0.4 is 10.1 Å². The number of thiophene rings is 1. The van der Waals surface area contributed by atoms with Crippen LogP contribution in [0.3, 0.4) is 0 Å². The maximum absolute atomic E-state index is 12.1. The van der Waals surface area contributed by atoms with Gasteiger partial charge in [-0.2, -0.15) is 4.98 Å². The number of nitrogens with one attached hydrogen (secondary N) is 1. The van der Waals surface area contributed by atoms with Gasteiger partial charge in [-0.1, -0.05) is 11.2 Å². The Labute approximate surface area is 172 Å². The number of hydrogen-bond acceptors (Lipinski definition) is 7. The maximum atomic E-state index is 12.1. The zero-order valence-corrected chi connectivity index (χ0v) is 17.1. The van der Waals surface area contributed by atoms with E-state index >= 15 is 0 Å². The number of benzene rings is 1. The van der Waals surface area contributed by atoms with E-state index in [1.54, 1.807) is 49.7 Å². The van der Waals surface area contributed by atoms with E-state index in [2.05, 4.69) is 15.5 Å². The fourth-order valence-corrected chi connectivity index (χ4v) is 3.04. The Bertz CT molecular complexity index is 936. The first kappa shape index (κ1) is 20.5. The summed E-state index contributed by atoms with van der Waals surface area (Å²) in [7, 11) is 3.34. The summed E-state index contributed by atoms with van der Waals surface area (Å²) in [5.74, 6) is 1.45. The second kappa shape index (κ2) is 9.83. The van der Waals surface area contributed by atoms with Gasteiger partial charge in [0.05, 0.1) is 4.88 Å². The minimum atomic E-state index is -0.119. The van der Waals surface area contributed by atoms with E-state index in [-0.39, 0.29) is 18.4 Å². The summed E-state index contributed by atoms with van der Waals surface area (Å²) in [5, 5.41) is 8.74. The monoisotopic (exact) mass is 414 g/mol. The summed E-state index contributed by atoms with van der Waals surface area (Å²) < 4.78 is 10.6. The molecule has 29 heavy (non-hydrogen) atoms. The molecule has 0 spiro atoms. The Hall–Kier alpha value is -3.20. The van der Waals surface area contributed by atoms with E-state index < -0.39 is 0 Å². The SMILES string of the molecule is CN(C)C(=O)COc1ccc(NC(=O)CCCc2nc(-c3cccs3)no2)cc1. The zero-order chi connectivity index (χ0) is 20.6. The van der Waals surface area contributed by atoms with Gasteiger partial charge < -0.3 is 19.5 Å². The highest BCUT2D eigenvalue weighted by Crippen LogP contribution is 2.21. The molecule has 8 nitrogen and oxygen atoms in total. The van der Waals surface area contributed by atoms with Crippen molar-refractivity contribution >= 4 is 28.8 Å². The molecule has 0 fully saturated rings. The number of rotatable bonds is 9. The van der Waals surface area contributed by atoms with Gasteiger partial charge in [0.15, 0.2) is 6.61 Å². The number of hydrogen-bond donors (Lipinski definition) is 1. The van der Waals surface area contributed by atoms with E-state index in [0.29, 0.717) is 42.4 Å². The molecule has 0 bridgehead atoms. The van der Waals surface area contributed by atoms with E-state index in [0.717, 1.165) is 4.88 Å². The number of nitrogens with zero attached hydrogens (tertiary/aromatic N) is 3. The van der Waals surface area contributed by atoms with E-state index in [4.69, 9.17) is 9.26 Å². The Morgan fingerprint density at radius 1 is 1.21 bits per heavy atom. The number of carbonyl (C=O) groups excluding carboxylic acids is 2. The lowest BCUT2D eigenvalue weighted by molar-refractivity contribution is -0.130. The summed E-state index contributed by atoms with van der Waals surface area (Å²) in [6.07, 6.45) is 1.48. The molecule has 0 aliphatic heterocycles. The normalized spacial score (nSPS) is 10.6. The molecule has 0 aliphatic carbocycles. The smallest absolute Gasteiger partial charge is 0.259 e. The topological polar surface area (TPSA) is 97.6 Å². The average molecular weight is 414 g/mol. The fraction of sp³-hybridized carbons (Fsp3) is 0.300. The number of aryl methyl sites for hydroxylation is 1. The molecule has 152 valence electrons. The number of carbonyl (C=O) groups is 2. The van der Waals surface area contributed by atoms with Crippen LogP contribution in [0.2, 0.25) is 0 Å². The van der Waals surface area contributed by atoms with Crippen molar-refractivity contribution in [2.45, 2.75) is 19.3 Å². The lowest BCUT2D eigenvalue weighted by atomic mass is 10.2. The third kappa shape index (κ3) is 6.15. The van der Waals surface area contributed by atoms with Crippen molar-refractivity contribution in [2.75, 3.05) is 26.0 Å². The molecule has 0 aliphatic rings. The van der Waals surface area contributed by atoms with Gasteiger partial charge in [-0.25, -0.2) is 0 Å². The molecule has 2 aromatic heterocycles. The molecule has 9 heteroatoms. The average Bonchev–Trinajstić information content (AvgIpc) is 3.39. The molecule has 1 aromatic carbocycles. The Morgan fingerprint density at radius 3 is 2.69 bits per heavy atom. The zero-order valence-electron chi connectivity index (χ0n) is 16.3. The lowest BCUT2D eigenvalue weighted by Crippen LogP contribution is -2.27. The number of amides is 2. The minimum absolute atomic E-state index is 0.0252. The van der Waals surface area contributed by atoms with Crippen molar-refractivity contribution in [3.05, 3.63) is 47.7 Å². The van der Waals surface area contributed by atoms with Crippen LogP contribution in [0, 0.1) is 0 Å². The van der Waals surface area contributed by atoms with Crippen LogP contribution in [-0.4, -0.2) is 47.6 Å². The largest absolute Gasteiger partial charge is 0.484 e. The molecule has 1 N–H and O–H groups in total. The van der Waals surface area contributed by atoms with Crippen LogP contribution in [0.5, 0.6) is 5.75 Å². The molecule has 0 atom stereocenters. The van der Waals surface area contributed by atoms with Crippen LogP contribution in [0.25, 0.3) is 10.7 Å². The third-order valence-corrected chi connectivity index (χ3v) is 4.87. The molecule has 0 saturated carbocycles. The maximum Gasteiger partial charge on any atom is 0.259 e. The summed E-state index contributed by atoms with van der Waals surface area (Å²) in [5.41, 5.74) is 0.666. The van der Waals surface area contributed by atoms with Gasteiger partial charge in [0.2, 0.25) is 17.6 Å². The Balaban J connectivity index is 1.40. The molecule has 0 saturated heterocycles. The van der Waals surface area contributed by atoms with E-state index in [1.165, 1.54) is 4.90 Å². The van der Waals surface area contributed by atoms with E-state index in [1.807, 2.05) is 17.5 Å². The molecule has 3 rings (SSSR count). The fourth-order valence-electron chi connectivity index (χ4n) is 2.39. The van der Waals surface area contributed by atoms with E-state index in [9.17, 15) is 9.59 Å². The van der Waals surface area contributed by atoms with Gasteiger partial charge in [-0.3, -0.25) is 9.59 Å². The van der Waals surface area contributed by atoms with Crippen LogP contribution in [0.15, 0.2) is 46.3 Å². The number of likely N-dealkylation sites (N-methyl/N-ethyl adjacent to an activating group) is 1. The second-order valence-electron chi connectivity index (χ2n) is 6.49. The molecular weight excluding hydrogens is 392 g/mol. The quantitative estimate of drug-likeness (QED) is 0.577. The van der Waals surface area contributed by atoms with Gasteiger partial charge in [-0.15, -0.1) is 11.3 Å². The molecule has 2 heterocycles. The molecule has 0 unspecified atom stereocenters. The van der Waals surface area contributed by atoms with Gasteiger partial charge in [-0.05, 0) is 42.1 Å². The summed E-state index contributed by atoms with van der Waals surface area (Å²) in [6.45, 7) is -0.0252. The third-order valence-electron chi connectivity index (χ3n) is 4.00. The van der Waals surface area contributed by atoms with Gasteiger partial charge in [0.25, 0.3) is 5.91 Å². The van der Waals surface area contributed by atoms with Crippen molar-refractivity contribution in [3.63, 3.8) is 0 Å². The minimum Gasteiger partial charge on any atom is -0.484 e. The van der Waals surface area contributed by atoms with Crippen molar-refractivity contribution < 1.29 is 18.8 Å². The molecule has 0 radical (unpaired) electrons. The second-order valence-corrected chi connectivity index (χ2v) is 7.44. The highest BCUT2D eigenvalue weighted by atomic mass is 32.1. The predicted octanol–water partition coefficient (Wildman–Crippen LogP) is 3.23. The van der Waals surface area contributed by atoms with Crippen LogP contribution in [0.1, 0.15) is 18.7 Å².